The van der Waals surface area contributed by atoms with Crippen molar-refractivity contribution in [3.63, 3.8) is 0 Å². The Balaban J connectivity index is 1.26. The van der Waals surface area contributed by atoms with Gasteiger partial charge < -0.3 is 24.5 Å². The third-order valence-electron chi connectivity index (χ3n) is 5.48. The Labute approximate surface area is 221 Å². The summed E-state index contributed by atoms with van der Waals surface area (Å²) in [5.74, 6) is 0.676. The second-order valence-electron chi connectivity index (χ2n) is 8.01. The molecule has 37 heavy (non-hydrogen) atoms. The number of rotatable bonds is 10. The first-order valence-corrected chi connectivity index (χ1v) is 12.6. The van der Waals surface area contributed by atoms with Gasteiger partial charge in [0.05, 0.1) is 25.5 Å². The van der Waals surface area contributed by atoms with Gasteiger partial charge in [-0.2, -0.15) is 0 Å². The van der Waals surface area contributed by atoms with Gasteiger partial charge in [-0.05, 0) is 48.4 Å². The molecule has 0 saturated heterocycles. The van der Waals surface area contributed by atoms with Crippen molar-refractivity contribution in [1.29, 1.82) is 0 Å². The molecule has 0 aliphatic heterocycles. The lowest BCUT2D eigenvalue weighted by Crippen LogP contribution is -2.26. The summed E-state index contributed by atoms with van der Waals surface area (Å²) in [6.45, 7) is 0.422. The van der Waals surface area contributed by atoms with Crippen molar-refractivity contribution in [3.8, 4) is 22.8 Å². The molecule has 0 aliphatic rings. The van der Waals surface area contributed by atoms with Crippen molar-refractivity contribution in [3.05, 3.63) is 68.9 Å². The van der Waals surface area contributed by atoms with Gasteiger partial charge >= 0.3 is 5.63 Å². The molecule has 11 heteroatoms. The average Bonchev–Trinajstić information content (AvgIpc) is 3.35. The van der Waals surface area contributed by atoms with Gasteiger partial charge in [0.25, 0.3) is 0 Å². The Hall–Kier alpha value is -3.89. The summed E-state index contributed by atoms with van der Waals surface area (Å²) in [6.07, 6.45) is 0.633. The molecule has 2 N–H and O–H groups in total. The molecule has 2 aromatic carbocycles. The molecule has 4 aromatic rings. The molecule has 0 bridgehead atoms. The fourth-order valence-corrected chi connectivity index (χ4v) is 4.51. The highest BCUT2D eigenvalue weighted by atomic mass is 35.5. The lowest BCUT2D eigenvalue weighted by molar-refractivity contribution is -0.124. The van der Waals surface area contributed by atoms with E-state index in [-0.39, 0.29) is 30.2 Å². The number of thiazole rings is 1. The van der Waals surface area contributed by atoms with Crippen LogP contribution < -0.4 is 25.7 Å². The minimum atomic E-state index is -0.539. The smallest absolute Gasteiger partial charge is 0.345 e. The number of carbonyl (C=O) groups is 2. The van der Waals surface area contributed by atoms with Gasteiger partial charge in [-0.1, -0.05) is 17.7 Å². The van der Waals surface area contributed by atoms with Gasteiger partial charge in [0.1, 0.15) is 5.58 Å². The number of hydrogen-bond donors (Lipinski definition) is 2. The van der Waals surface area contributed by atoms with Crippen molar-refractivity contribution in [1.82, 2.24) is 10.3 Å². The lowest BCUT2D eigenvalue weighted by Gasteiger charge is -2.10. The number of halogens is 1. The van der Waals surface area contributed by atoms with E-state index < -0.39 is 5.63 Å². The number of nitrogens with zero attached hydrogens (tertiary/aromatic N) is 1. The first-order valence-electron chi connectivity index (χ1n) is 11.3. The van der Waals surface area contributed by atoms with E-state index in [1.54, 1.807) is 43.9 Å². The summed E-state index contributed by atoms with van der Waals surface area (Å²) in [6, 6.07) is 12.2. The summed E-state index contributed by atoms with van der Waals surface area (Å²) in [5.41, 5.74) is 1.51. The second-order valence-corrected chi connectivity index (χ2v) is 9.30. The number of nitrogens with one attached hydrogen (secondary N) is 2. The van der Waals surface area contributed by atoms with Crippen molar-refractivity contribution >= 4 is 50.9 Å². The minimum absolute atomic E-state index is 0.00623. The monoisotopic (exact) mass is 541 g/mol. The van der Waals surface area contributed by atoms with E-state index >= 15 is 0 Å². The number of benzene rings is 2. The number of anilines is 1. The van der Waals surface area contributed by atoms with Gasteiger partial charge in [-0.15, -0.1) is 11.3 Å². The van der Waals surface area contributed by atoms with E-state index in [1.165, 1.54) is 11.3 Å². The number of methoxy groups -OCH3 is 2. The fraction of sp³-hybridized carbons (Fsp3) is 0.231. The summed E-state index contributed by atoms with van der Waals surface area (Å²) in [7, 11) is 3.14. The van der Waals surface area contributed by atoms with Crippen LogP contribution in [0.4, 0.5) is 5.13 Å². The van der Waals surface area contributed by atoms with Crippen LogP contribution in [0.2, 0.25) is 5.02 Å². The standard InChI is InChI=1S/C26H24ClN3O6S/c1-34-21-5-3-15(11-22(21)35-2)9-10-28-23(31)7-8-24(32)30-26-29-19(14-37-26)18-13-16-12-17(27)4-6-20(16)36-25(18)33/h3-6,11-14H,7-10H2,1-2H3,(H,28,31)(H,29,30,32). The normalized spacial score (nSPS) is 10.8. The van der Waals surface area contributed by atoms with Crippen molar-refractivity contribution in [2.45, 2.75) is 19.3 Å². The van der Waals surface area contributed by atoms with Crippen LogP contribution in [-0.2, 0) is 16.0 Å². The highest BCUT2D eigenvalue weighted by Gasteiger charge is 2.14. The number of hydrogen-bond acceptors (Lipinski definition) is 8. The maximum absolute atomic E-state index is 12.4. The Bertz CT molecular complexity index is 1500. The molecule has 0 aliphatic carbocycles. The Morgan fingerprint density at radius 3 is 2.59 bits per heavy atom. The average molecular weight is 542 g/mol. The van der Waals surface area contributed by atoms with Crippen LogP contribution in [0, 0.1) is 0 Å². The Morgan fingerprint density at radius 1 is 1.03 bits per heavy atom. The Kier molecular flexibility index (Phi) is 8.42. The van der Waals surface area contributed by atoms with Crippen LogP contribution in [0.1, 0.15) is 18.4 Å². The molecule has 2 heterocycles. The molecule has 0 spiro atoms. The zero-order valence-corrected chi connectivity index (χ0v) is 21.7. The molecule has 0 radical (unpaired) electrons. The maximum Gasteiger partial charge on any atom is 0.345 e. The van der Waals surface area contributed by atoms with E-state index in [0.717, 1.165) is 5.56 Å². The Morgan fingerprint density at radius 2 is 1.81 bits per heavy atom. The first-order chi connectivity index (χ1) is 17.9. The van der Waals surface area contributed by atoms with Gasteiger partial charge in [0.2, 0.25) is 11.8 Å². The molecular weight excluding hydrogens is 518 g/mol. The number of carbonyl (C=O) groups excluding carboxylic acids is 2. The predicted octanol–water partition coefficient (Wildman–Crippen LogP) is 4.66. The fourth-order valence-electron chi connectivity index (χ4n) is 3.61. The van der Waals surface area contributed by atoms with Gasteiger partial charge in [0.15, 0.2) is 16.6 Å². The van der Waals surface area contributed by atoms with Gasteiger partial charge in [-0.3, -0.25) is 9.59 Å². The summed E-state index contributed by atoms with van der Waals surface area (Å²) < 4.78 is 15.9. The van der Waals surface area contributed by atoms with Gasteiger partial charge in [0, 0.05) is 35.2 Å². The molecule has 2 aromatic heterocycles. The summed E-state index contributed by atoms with van der Waals surface area (Å²) >= 11 is 7.20. The molecule has 0 atom stereocenters. The van der Waals surface area contributed by atoms with E-state index in [9.17, 15) is 14.4 Å². The maximum atomic E-state index is 12.4. The molecule has 0 saturated carbocycles. The topological polar surface area (TPSA) is 120 Å². The van der Waals surface area contributed by atoms with Crippen molar-refractivity contribution in [2.75, 3.05) is 26.1 Å². The molecule has 9 nitrogen and oxygen atoms in total. The molecule has 192 valence electrons. The lowest BCUT2D eigenvalue weighted by atomic mass is 10.1. The predicted molar refractivity (Wildman–Crippen MR) is 143 cm³/mol. The quantitative estimate of drug-likeness (QED) is 0.280. The van der Waals surface area contributed by atoms with Crippen molar-refractivity contribution < 1.29 is 23.5 Å². The first kappa shape index (κ1) is 26.2. The number of fused-ring (bicyclic) bond motifs is 1. The van der Waals surface area contributed by atoms with Gasteiger partial charge in [-0.25, -0.2) is 9.78 Å². The zero-order chi connectivity index (χ0) is 26.4. The second kappa shape index (κ2) is 11.9. The van der Waals surface area contributed by atoms with E-state index in [2.05, 4.69) is 15.6 Å². The van der Waals surface area contributed by atoms with Crippen LogP contribution in [0.5, 0.6) is 11.5 Å². The third-order valence-corrected chi connectivity index (χ3v) is 6.48. The minimum Gasteiger partial charge on any atom is -0.493 e. The molecule has 4 rings (SSSR count). The van der Waals surface area contributed by atoms with Crippen LogP contribution in [0.25, 0.3) is 22.2 Å². The molecular formula is C26H24ClN3O6S. The third kappa shape index (κ3) is 6.66. The van der Waals surface area contributed by atoms with Crippen LogP contribution in [0.15, 0.2) is 57.1 Å². The summed E-state index contributed by atoms with van der Waals surface area (Å²) in [4.78, 5) is 41.2. The van der Waals surface area contributed by atoms with Crippen LogP contribution >= 0.6 is 22.9 Å². The zero-order valence-electron chi connectivity index (χ0n) is 20.1. The van der Waals surface area contributed by atoms with Crippen LogP contribution in [-0.4, -0.2) is 37.6 Å². The molecule has 2 amide bonds. The van der Waals surface area contributed by atoms with Crippen LogP contribution in [0.3, 0.4) is 0 Å². The number of amides is 2. The van der Waals surface area contributed by atoms with Crippen molar-refractivity contribution in [2.24, 2.45) is 0 Å². The number of aromatic nitrogens is 1. The summed E-state index contributed by atoms with van der Waals surface area (Å²) in [5, 5.41) is 8.63. The van der Waals surface area contributed by atoms with E-state index in [0.29, 0.717) is 51.3 Å². The van der Waals surface area contributed by atoms with E-state index in [1.807, 2.05) is 18.2 Å². The molecule has 0 fully saturated rings. The number of ether oxygens (including phenoxy) is 2. The highest BCUT2D eigenvalue weighted by Crippen LogP contribution is 2.28. The SMILES string of the molecule is COc1ccc(CCNC(=O)CCC(=O)Nc2nc(-c3cc4cc(Cl)ccc4oc3=O)cs2)cc1OC. The molecule has 0 unspecified atom stereocenters. The highest BCUT2D eigenvalue weighted by molar-refractivity contribution is 7.14. The largest absolute Gasteiger partial charge is 0.493 e. The van der Waals surface area contributed by atoms with E-state index in [4.69, 9.17) is 25.5 Å².